The Morgan fingerprint density at radius 2 is 2.11 bits per heavy atom. The Morgan fingerprint density at radius 3 is 2.74 bits per heavy atom. The molecule has 7 nitrogen and oxygen atoms in total. The molecule has 0 saturated heterocycles. The van der Waals surface area contributed by atoms with Crippen molar-refractivity contribution >= 4 is 11.9 Å². The topological polar surface area (TPSA) is 108 Å². The molecule has 7 heteroatoms. The van der Waals surface area contributed by atoms with Crippen molar-refractivity contribution in [3.05, 3.63) is 24.3 Å². The number of allylic oxidation sites excluding steroid dienone is 2. The predicted octanol–water partition coefficient (Wildman–Crippen LogP) is -0.0562. The first-order chi connectivity index (χ1) is 9.16. The molecule has 2 aliphatic carbocycles. The molecule has 3 rings (SSSR count). The number of aliphatic carboxylic acids is 1. The maximum absolute atomic E-state index is 12.2. The molecular weight excluding hydrogens is 248 g/mol. The second kappa shape index (κ2) is 4.49. The molecular formula is C12H14N4O3. The molecule has 3 N–H and O–H groups in total. The van der Waals surface area contributed by atoms with E-state index in [9.17, 15) is 14.7 Å². The SMILES string of the molecule is O=C(O)C1C2C=CC(C2)C1C(=O)NCc1ncn[nH]1. The second-order valence-corrected chi connectivity index (χ2v) is 4.99. The zero-order valence-corrected chi connectivity index (χ0v) is 10.1. The number of carboxylic acid groups (broad SMARTS) is 1. The monoisotopic (exact) mass is 262 g/mol. The summed E-state index contributed by atoms with van der Waals surface area (Å²) in [7, 11) is 0. The third-order valence-corrected chi connectivity index (χ3v) is 3.94. The van der Waals surface area contributed by atoms with Gasteiger partial charge in [-0.25, -0.2) is 4.98 Å². The summed E-state index contributed by atoms with van der Waals surface area (Å²) in [5.74, 6) is -1.61. The molecule has 0 aromatic carbocycles. The number of carbonyl (C=O) groups is 2. The normalized spacial score (nSPS) is 31.6. The number of amides is 1. The molecule has 0 radical (unpaired) electrons. The highest BCUT2D eigenvalue weighted by Crippen LogP contribution is 2.48. The number of nitrogens with zero attached hydrogens (tertiary/aromatic N) is 2. The Balaban J connectivity index is 1.68. The Labute approximate surface area is 109 Å². The van der Waals surface area contributed by atoms with E-state index in [1.165, 1.54) is 6.33 Å². The van der Waals surface area contributed by atoms with Crippen molar-refractivity contribution in [2.75, 3.05) is 0 Å². The fourth-order valence-electron chi connectivity index (χ4n) is 3.12. The van der Waals surface area contributed by atoms with Gasteiger partial charge in [0, 0.05) is 0 Å². The number of hydrogen-bond acceptors (Lipinski definition) is 4. The summed E-state index contributed by atoms with van der Waals surface area (Å²) < 4.78 is 0. The van der Waals surface area contributed by atoms with Crippen molar-refractivity contribution in [1.29, 1.82) is 0 Å². The van der Waals surface area contributed by atoms with Crippen LogP contribution >= 0.6 is 0 Å². The van der Waals surface area contributed by atoms with Gasteiger partial charge < -0.3 is 10.4 Å². The Hall–Kier alpha value is -2.18. The van der Waals surface area contributed by atoms with Gasteiger partial charge in [0.1, 0.15) is 12.2 Å². The number of hydrogen-bond donors (Lipinski definition) is 3. The van der Waals surface area contributed by atoms with Crippen LogP contribution in [0.2, 0.25) is 0 Å². The van der Waals surface area contributed by atoms with Gasteiger partial charge in [-0.15, -0.1) is 0 Å². The molecule has 1 fully saturated rings. The fraction of sp³-hybridized carbons (Fsp3) is 0.500. The standard InChI is InChI=1S/C12H14N4O3/c17-11(13-4-8-14-5-15-16-8)9-6-1-2-7(3-6)10(9)12(18)19/h1-2,5-7,9-10H,3-4H2,(H,13,17)(H,18,19)(H,14,15,16). The lowest BCUT2D eigenvalue weighted by Crippen LogP contribution is -2.40. The van der Waals surface area contributed by atoms with E-state index in [4.69, 9.17) is 0 Å². The third-order valence-electron chi connectivity index (χ3n) is 3.94. The van der Waals surface area contributed by atoms with Gasteiger partial charge >= 0.3 is 5.97 Å². The molecule has 19 heavy (non-hydrogen) atoms. The Kier molecular flexibility index (Phi) is 2.81. The smallest absolute Gasteiger partial charge is 0.307 e. The van der Waals surface area contributed by atoms with Crippen molar-refractivity contribution in [2.24, 2.45) is 23.7 Å². The first kappa shape index (κ1) is 11.9. The molecule has 2 aliphatic rings. The largest absolute Gasteiger partial charge is 0.481 e. The van der Waals surface area contributed by atoms with E-state index in [1.807, 2.05) is 12.2 Å². The second-order valence-electron chi connectivity index (χ2n) is 4.99. The molecule has 1 aromatic heterocycles. The number of H-pyrrole nitrogens is 1. The first-order valence-corrected chi connectivity index (χ1v) is 6.20. The van der Waals surface area contributed by atoms with E-state index in [-0.39, 0.29) is 24.3 Å². The van der Waals surface area contributed by atoms with Gasteiger partial charge in [0.2, 0.25) is 5.91 Å². The number of aromatic nitrogens is 3. The maximum atomic E-state index is 12.2. The molecule has 4 unspecified atom stereocenters. The van der Waals surface area contributed by atoms with Crippen LogP contribution in [0.5, 0.6) is 0 Å². The van der Waals surface area contributed by atoms with Crippen LogP contribution in [-0.2, 0) is 16.1 Å². The summed E-state index contributed by atoms with van der Waals surface area (Å²) in [6.45, 7) is 0.239. The van der Waals surface area contributed by atoms with Crippen LogP contribution in [0.15, 0.2) is 18.5 Å². The molecule has 2 bridgehead atoms. The molecule has 100 valence electrons. The summed E-state index contributed by atoms with van der Waals surface area (Å²) in [4.78, 5) is 27.4. The van der Waals surface area contributed by atoms with E-state index in [0.717, 1.165) is 6.42 Å². The quantitative estimate of drug-likeness (QED) is 0.659. The minimum atomic E-state index is -0.892. The molecule has 1 aromatic rings. The lowest BCUT2D eigenvalue weighted by atomic mass is 9.82. The van der Waals surface area contributed by atoms with E-state index >= 15 is 0 Å². The third kappa shape index (κ3) is 2.00. The van der Waals surface area contributed by atoms with Crippen molar-refractivity contribution in [2.45, 2.75) is 13.0 Å². The zero-order valence-electron chi connectivity index (χ0n) is 10.1. The van der Waals surface area contributed by atoms with Crippen LogP contribution in [0.1, 0.15) is 12.2 Å². The summed E-state index contributed by atoms with van der Waals surface area (Å²) in [6.07, 6.45) is 6.01. The van der Waals surface area contributed by atoms with Gasteiger partial charge in [0.15, 0.2) is 0 Å². The van der Waals surface area contributed by atoms with Crippen LogP contribution in [0.25, 0.3) is 0 Å². The van der Waals surface area contributed by atoms with E-state index in [2.05, 4.69) is 20.5 Å². The summed E-state index contributed by atoms with van der Waals surface area (Å²) >= 11 is 0. The summed E-state index contributed by atoms with van der Waals surface area (Å²) in [6, 6.07) is 0. The van der Waals surface area contributed by atoms with E-state index < -0.39 is 17.8 Å². The predicted molar refractivity (Wildman–Crippen MR) is 63.6 cm³/mol. The van der Waals surface area contributed by atoms with Crippen LogP contribution < -0.4 is 5.32 Å². The average Bonchev–Trinajstić information content (AvgIpc) is 3.10. The van der Waals surface area contributed by atoms with Gasteiger partial charge in [0.25, 0.3) is 0 Å². The van der Waals surface area contributed by atoms with Gasteiger partial charge in [0.05, 0.1) is 18.4 Å². The summed E-state index contributed by atoms with van der Waals surface area (Å²) in [5, 5.41) is 18.3. The van der Waals surface area contributed by atoms with Crippen LogP contribution in [0.3, 0.4) is 0 Å². The van der Waals surface area contributed by atoms with Crippen molar-refractivity contribution in [3.63, 3.8) is 0 Å². The van der Waals surface area contributed by atoms with Gasteiger partial charge in [-0.1, -0.05) is 12.2 Å². The number of carboxylic acids is 1. The lowest BCUT2D eigenvalue weighted by molar-refractivity contribution is -0.147. The number of carbonyl (C=O) groups excluding carboxylic acids is 1. The first-order valence-electron chi connectivity index (χ1n) is 6.20. The number of nitrogens with one attached hydrogen (secondary N) is 2. The van der Waals surface area contributed by atoms with Crippen molar-refractivity contribution in [1.82, 2.24) is 20.5 Å². The Bertz CT molecular complexity index is 525. The van der Waals surface area contributed by atoms with E-state index in [0.29, 0.717) is 5.82 Å². The summed E-state index contributed by atoms with van der Waals surface area (Å²) in [5.41, 5.74) is 0. The van der Waals surface area contributed by atoms with Gasteiger partial charge in [-0.2, -0.15) is 5.10 Å². The number of aromatic amines is 1. The maximum Gasteiger partial charge on any atom is 0.307 e. The van der Waals surface area contributed by atoms with E-state index in [1.54, 1.807) is 0 Å². The zero-order chi connectivity index (χ0) is 13.4. The highest BCUT2D eigenvalue weighted by Gasteiger charge is 2.51. The lowest BCUT2D eigenvalue weighted by Gasteiger charge is -2.23. The van der Waals surface area contributed by atoms with Crippen LogP contribution in [0, 0.1) is 23.7 Å². The van der Waals surface area contributed by atoms with Crippen LogP contribution in [-0.4, -0.2) is 32.2 Å². The minimum Gasteiger partial charge on any atom is -0.481 e. The molecule has 0 aliphatic heterocycles. The average molecular weight is 262 g/mol. The highest BCUT2D eigenvalue weighted by molar-refractivity contribution is 5.86. The molecule has 1 heterocycles. The molecule has 1 saturated carbocycles. The van der Waals surface area contributed by atoms with Crippen molar-refractivity contribution < 1.29 is 14.7 Å². The number of fused-ring (bicyclic) bond motifs is 2. The number of rotatable bonds is 4. The van der Waals surface area contributed by atoms with Crippen molar-refractivity contribution in [3.8, 4) is 0 Å². The van der Waals surface area contributed by atoms with Gasteiger partial charge in [-0.3, -0.25) is 14.7 Å². The molecule has 0 spiro atoms. The highest BCUT2D eigenvalue weighted by atomic mass is 16.4. The molecule has 4 atom stereocenters. The van der Waals surface area contributed by atoms with Gasteiger partial charge in [-0.05, 0) is 18.3 Å². The Morgan fingerprint density at radius 1 is 1.37 bits per heavy atom. The van der Waals surface area contributed by atoms with Crippen LogP contribution in [0.4, 0.5) is 0 Å². The fourth-order valence-corrected chi connectivity index (χ4v) is 3.12. The molecule has 1 amide bonds. The minimum absolute atomic E-state index is 0.0106.